The number of aliphatic imine (C=N–C) groups is 1. The Labute approximate surface area is 112 Å². The van der Waals surface area contributed by atoms with Crippen LogP contribution in [0.5, 0.6) is 0 Å². The summed E-state index contributed by atoms with van der Waals surface area (Å²) in [7, 11) is 0. The summed E-state index contributed by atoms with van der Waals surface area (Å²) in [6.45, 7) is 2.08. The second-order valence-electron chi connectivity index (χ2n) is 4.56. The van der Waals surface area contributed by atoms with Crippen molar-refractivity contribution in [1.82, 2.24) is 4.98 Å². The SMILES string of the molecule is Cc1ccc(C=Nc2cnc3ccccc3c2)cc1. The van der Waals surface area contributed by atoms with E-state index >= 15 is 0 Å². The summed E-state index contributed by atoms with van der Waals surface area (Å²) in [5.41, 5.74) is 4.22. The van der Waals surface area contributed by atoms with Crippen molar-refractivity contribution in [3.05, 3.63) is 71.9 Å². The molecule has 1 aromatic heterocycles. The molecule has 2 heteroatoms. The third-order valence-corrected chi connectivity index (χ3v) is 3.02. The number of hydrogen-bond donors (Lipinski definition) is 0. The fourth-order valence-corrected chi connectivity index (χ4v) is 1.93. The molecule has 1 heterocycles. The molecule has 0 radical (unpaired) electrons. The highest BCUT2D eigenvalue weighted by atomic mass is 14.8. The number of pyridine rings is 1. The highest BCUT2D eigenvalue weighted by molar-refractivity contribution is 5.85. The van der Waals surface area contributed by atoms with Gasteiger partial charge in [-0.15, -0.1) is 0 Å². The van der Waals surface area contributed by atoms with Gasteiger partial charge >= 0.3 is 0 Å². The number of aryl methyl sites for hydroxylation is 1. The molecule has 0 spiro atoms. The number of nitrogens with zero attached hydrogens (tertiary/aromatic N) is 2. The Hall–Kier alpha value is -2.48. The fraction of sp³-hybridized carbons (Fsp3) is 0.0588. The average Bonchev–Trinajstić information content (AvgIpc) is 2.46. The van der Waals surface area contributed by atoms with E-state index in [1.807, 2.05) is 36.5 Å². The van der Waals surface area contributed by atoms with Crippen molar-refractivity contribution in [3.63, 3.8) is 0 Å². The third kappa shape index (κ3) is 2.68. The van der Waals surface area contributed by atoms with Gasteiger partial charge in [-0.25, -0.2) is 0 Å². The molecule has 19 heavy (non-hydrogen) atoms. The summed E-state index contributed by atoms with van der Waals surface area (Å²) in [6.07, 6.45) is 3.66. The van der Waals surface area contributed by atoms with E-state index in [-0.39, 0.29) is 0 Å². The smallest absolute Gasteiger partial charge is 0.0819 e. The summed E-state index contributed by atoms with van der Waals surface area (Å²) in [5, 5.41) is 1.11. The van der Waals surface area contributed by atoms with Crippen LogP contribution in [0, 0.1) is 6.92 Å². The number of rotatable bonds is 2. The quantitative estimate of drug-likeness (QED) is 0.619. The topological polar surface area (TPSA) is 25.2 Å². The molecule has 0 aliphatic rings. The van der Waals surface area contributed by atoms with Crippen molar-refractivity contribution in [2.24, 2.45) is 4.99 Å². The van der Waals surface area contributed by atoms with Gasteiger partial charge in [-0.2, -0.15) is 0 Å². The monoisotopic (exact) mass is 246 g/mol. The molecule has 3 rings (SSSR count). The van der Waals surface area contributed by atoms with Gasteiger partial charge in [-0.3, -0.25) is 9.98 Å². The largest absolute Gasteiger partial charge is 0.255 e. The molecule has 0 unspecified atom stereocenters. The van der Waals surface area contributed by atoms with Crippen molar-refractivity contribution in [2.45, 2.75) is 6.92 Å². The van der Waals surface area contributed by atoms with Gasteiger partial charge < -0.3 is 0 Å². The summed E-state index contributed by atoms with van der Waals surface area (Å²) < 4.78 is 0. The molecule has 0 fully saturated rings. The minimum absolute atomic E-state index is 0.874. The van der Waals surface area contributed by atoms with E-state index in [1.54, 1.807) is 6.20 Å². The summed E-state index contributed by atoms with van der Waals surface area (Å²) >= 11 is 0. The fourth-order valence-electron chi connectivity index (χ4n) is 1.93. The van der Waals surface area contributed by atoms with Gasteiger partial charge in [0, 0.05) is 11.6 Å². The molecule has 0 amide bonds. The molecule has 0 bridgehead atoms. The minimum Gasteiger partial charge on any atom is -0.255 e. The van der Waals surface area contributed by atoms with Crippen LogP contribution in [0.2, 0.25) is 0 Å². The molecule has 0 aliphatic carbocycles. The molecule has 92 valence electrons. The van der Waals surface area contributed by atoms with Crippen molar-refractivity contribution in [1.29, 1.82) is 0 Å². The summed E-state index contributed by atoms with van der Waals surface area (Å²) in [5.74, 6) is 0. The molecular formula is C17H14N2. The zero-order valence-electron chi connectivity index (χ0n) is 10.7. The third-order valence-electron chi connectivity index (χ3n) is 3.02. The highest BCUT2D eigenvalue weighted by Crippen LogP contribution is 2.18. The predicted octanol–water partition coefficient (Wildman–Crippen LogP) is 4.29. The van der Waals surface area contributed by atoms with Crippen molar-refractivity contribution >= 4 is 22.8 Å². The van der Waals surface area contributed by atoms with Crippen LogP contribution in [0.15, 0.2) is 65.8 Å². The maximum Gasteiger partial charge on any atom is 0.0819 e. The van der Waals surface area contributed by atoms with Crippen LogP contribution in [0.4, 0.5) is 5.69 Å². The molecule has 2 nitrogen and oxygen atoms in total. The Kier molecular flexibility index (Phi) is 3.07. The number of hydrogen-bond acceptors (Lipinski definition) is 2. The Morgan fingerprint density at radius 1 is 1.00 bits per heavy atom. The molecular weight excluding hydrogens is 232 g/mol. The summed E-state index contributed by atoms with van der Waals surface area (Å²) in [6, 6.07) is 18.4. The van der Waals surface area contributed by atoms with Gasteiger partial charge in [0.05, 0.1) is 17.4 Å². The van der Waals surface area contributed by atoms with Crippen LogP contribution in [0.25, 0.3) is 10.9 Å². The van der Waals surface area contributed by atoms with Crippen LogP contribution >= 0.6 is 0 Å². The summed E-state index contributed by atoms with van der Waals surface area (Å²) in [4.78, 5) is 8.86. The lowest BCUT2D eigenvalue weighted by molar-refractivity contribution is 1.38. The molecule has 0 atom stereocenters. The zero-order chi connectivity index (χ0) is 13.1. The van der Waals surface area contributed by atoms with E-state index in [9.17, 15) is 0 Å². The van der Waals surface area contributed by atoms with Gasteiger partial charge in [0.15, 0.2) is 0 Å². The standard InChI is InChI=1S/C17H14N2/c1-13-6-8-14(9-7-13)11-18-16-10-15-4-2-3-5-17(15)19-12-16/h2-12H,1H3. The maximum absolute atomic E-state index is 4.47. The number of fused-ring (bicyclic) bond motifs is 1. The Bertz CT molecular complexity index is 728. The van der Waals surface area contributed by atoms with E-state index in [0.717, 1.165) is 22.2 Å². The Morgan fingerprint density at radius 3 is 2.63 bits per heavy atom. The van der Waals surface area contributed by atoms with Gasteiger partial charge in [-0.1, -0.05) is 48.0 Å². The number of aromatic nitrogens is 1. The van der Waals surface area contributed by atoms with Crippen molar-refractivity contribution in [3.8, 4) is 0 Å². The van der Waals surface area contributed by atoms with E-state index in [2.05, 4.69) is 41.2 Å². The molecule has 0 saturated carbocycles. The Morgan fingerprint density at radius 2 is 1.79 bits per heavy atom. The number of benzene rings is 2. The predicted molar refractivity (Wildman–Crippen MR) is 80.2 cm³/mol. The van der Waals surface area contributed by atoms with Crippen LogP contribution in [0.3, 0.4) is 0 Å². The molecule has 0 saturated heterocycles. The lowest BCUT2D eigenvalue weighted by Crippen LogP contribution is -1.81. The van der Waals surface area contributed by atoms with E-state index in [4.69, 9.17) is 0 Å². The molecule has 3 aromatic rings. The normalized spacial score (nSPS) is 11.2. The van der Waals surface area contributed by atoms with E-state index < -0.39 is 0 Å². The first-order valence-corrected chi connectivity index (χ1v) is 6.27. The minimum atomic E-state index is 0.874. The van der Waals surface area contributed by atoms with E-state index in [1.165, 1.54) is 5.56 Å². The average molecular weight is 246 g/mol. The first kappa shape index (κ1) is 11.6. The second-order valence-corrected chi connectivity index (χ2v) is 4.56. The first-order valence-electron chi connectivity index (χ1n) is 6.27. The van der Waals surface area contributed by atoms with Crippen molar-refractivity contribution < 1.29 is 0 Å². The van der Waals surface area contributed by atoms with Crippen LogP contribution in [-0.2, 0) is 0 Å². The molecule has 0 aliphatic heterocycles. The van der Waals surface area contributed by atoms with Crippen LogP contribution < -0.4 is 0 Å². The lowest BCUT2D eigenvalue weighted by atomic mass is 10.2. The maximum atomic E-state index is 4.47. The number of para-hydroxylation sites is 1. The molecule has 0 N–H and O–H groups in total. The van der Waals surface area contributed by atoms with E-state index in [0.29, 0.717) is 0 Å². The van der Waals surface area contributed by atoms with Gasteiger partial charge in [-0.05, 0) is 24.6 Å². The first-order chi connectivity index (χ1) is 9.31. The lowest BCUT2D eigenvalue weighted by Gasteiger charge is -1.98. The van der Waals surface area contributed by atoms with Crippen LogP contribution in [-0.4, -0.2) is 11.2 Å². The second kappa shape index (κ2) is 5.02. The van der Waals surface area contributed by atoms with Gasteiger partial charge in [0.25, 0.3) is 0 Å². The highest BCUT2D eigenvalue weighted by Gasteiger charge is 1.95. The van der Waals surface area contributed by atoms with Crippen molar-refractivity contribution in [2.75, 3.05) is 0 Å². The Balaban J connectivity index is 1.90. The van der Waals surface area contributed by atoms with Gasteiger partial charge in [0.2, 0.25) is 0 Å². The van der Waals surface area contributed by atoms with Crippen LogP contribution in [0.1, 0.15) is 11.1 Å². The molecule has 2 aromatic carbocycles. The van der Waals surface area contributed by atoms with Gasteiger partial charge in [0.1, 0.15) is 0 Å². The zero-order valence-corrected chi connectivity index (χ0v) is 10.7.